The minimum Gasteiger partial charge on any atom is -0.497 e. The van der Waals surface area contributed by atoms with Gasteiger partial charge in [0.2, 0.25) is 11.1 Å². The van der Waals surface area contributed by atoms with Crippen molar-refractivity contribution in [2.45, 2.75) is 17.3 Å². The smallest absolute Gasteiger partial charge is 0.237 e. The summed E-state index contributed by atoms with van der Waals surface area (Å²) in [6.07, 6.45) is 0. The van der Waals surface area contributed by atoms with E-state index in [-0.39, 0.29) is 11.2 Å². The lowest BCUT2D eigenvalue weighted by Crippen LogP contribution is -2.22. The maximum Gasteiger partial charge on any atom is 0.237 e. The van der Waals surface area contributed by atoms with Crippen molar-refractivity contribution in [2.24, 2.45) is 0 Å². The Balaban J connectivity index is 1.64. The first-order chi connectivity index (χ1) is 13.1. The highest BCUT2D eigenvalue weighted by atomic mass is 32.2. The second kappa shape index (κ2) is 8.59. The summed E-state index contributed by atoms with van der Waals surface area (Å²) in [6, 6.07) is 14.8. The first-order valence-electron chi connectivity index (χ1n) is 8.28. The van der Waals surface area contributed by atoms with Crippen molar-refractivity contribution in [1.29, 1.82) is 0 Å². The number of hydrogen-bond acceptors (Lipinski definition) is 6. The molecule has 0 aliphatic carbocycles. The number of ether oxygens (including phenoxy) is 2. The van der Waals surface area contributed by atoms with Gasteiger partial charge in [0.15, 0.2) is 5.82 Å². The first kappa shape index (κ1) is 18.8. The second-order valence-electron chi connectivity index (χ2n) is 5.64. The van der Waals surface area contributed by atoms with Gasteiger partial charge in [0.25, 0.3) is 0 Å². The van der Waals surface area contributed by atoms with Gasteiger partial charge in [-0.2, -0.15) is 0 Å². The van der Waals surface area contributed by atoms with Crippen molar-refractivity contribution in [3.8, 4) is 22.9 Å². The number of aromatic nitrogens is 3. The van der Waals surface area contributed by atoms with Crippen molar-refractivity contribution < 1.29 is 14.3 Å². The maximum atomic E-state index is 12.5. The third-order valence-corrected chi connectivity index (χ3v) is 4.81. The highest BCUT2D eigenvalue weighted by molar-refractivity contribution is 8.00. The number of benzene rings is 2. The van der Waals surface area contributed by atoms with E-state index in [1.54, 1.807) is 33.3 Å². The van der Waals surface area contributed by atoms with Crippen LogP contribution in [0.15, 0.2) is 53.7 Å². The highest BCUT2D eigenvalue weighted by Gasteiger charge is 2.18. The summed E-state index contributed by atoms with van der Waals surface area (Å²) in [4.78, 5) is 16.9. The van der Waals surface area contributed by atoms with Gasteiger partial charge in [-0.3, -0.25) is 9.89 Å². The number of hydrogen-bond donors (Lipinski definition) is 2. The lowest BCUT2D eigenvalue weighted by atomic mass is 10.2. The SMILES string of the molecule is COc1ccc(-c2nc(SC(C)C(=O)Nc3ccccc3OC)n[nH]2)cc1. The van der Waals surface area contributed by atoms with E-state index in [4.69, 9.17) is 9.47 Å². The quantitative estimate of drug-likeness (QED) is 0.605. The lowest BCUT2D eigenvalue weighted by Gasteiger charge is -2.12. The average molecular weight is 384 g/mol. The third kappa shape index (κ3) is 4.59. The number of rotatable bonds is 7. The van der Waals surface area contributed by atoms with Crippen LogP contribution < -0.4 is 14.8 Å². The van der Waals surface area contributed by atoms with Gasteiger partial charge in [0.1, 0.15) is 11.5 Å². The Morgan fingerprint density at radius 1 is 1.11 bits per heavy atom. The topological polar surface area (TPSA) is 89.1 Å². The fraction of sp³-hybridized carbons (Fsp3) is 0.211. The fourth-order valence-corrected chi connectivity index (χ4v) is 3.10. The van der Waals surface area contributed by atoms with E-state index in [1.807, 2.05) is 36.4 Å². The molecule has 0 spiro atoms. The Morgan fingerprint density at radius 3 is 2.56 bits per heavy atom. The van der Waals surface area contributed by atoms with Crippen LogP contribution in [0.4, 0.5) is 5.69 Å². The molecule has 0 aliphatic heterocycles. The van der Waals surface area contributed by atoms with E-state index in [2.05, 4.69) is 20.5 Å². The summed E-state index contributed by atoms with van der Waals surface area (Å²) in [6.45, 7) is 1.80. The molecule has 7 nitrogen and oxygen atoms in total. The maximum absolute atomic E-state index is 12.5. The second-order valence-corrected chi connectivity index (χ2v) is 6.95. The summed E-state index contributed by atoms with van der Waals surface area (Å²) in [5.74, 6) is 1.87. The number of anilines is 1. The van der Waals surface area contributed by atoms with Crippen LogP contribution >= 0.6 is 11.8 Å². The van der Waals surface area contributed by atoms with Gasteiger partial charge in [-0.05, 0) is 43.3 Å². The molecule has 1 heterocycles. The molecule has 0 radical (unpaired) electrons. The number of nitrogens with zero attached hydrogens (tertiary/aromatic N) is 2. The molecule has 1 atom stereocenters. The molecule has 1 aromatic heterocycles. The molecule has 0 saturated heterocycles. The number of thioether (sulfide) groups is 1. The zero-order chi connectivity index (χ0) is 19.2. The van der Waals surface area contributed by atoms with Crippen molar-refractivity contribution in [1.82, 2.24) is 15.2 Å². The largest absolute Gasteiger partial charge is 0.497 e. The Labute approximate surface area is 161 Å². The molecule has 2 aromatic carbocycles. The molecular weight excluding hydrogens is 364 g/mol. The lowest BCUT2D eigenvalue weighted by molar-refractivity contribution is -0.115. The molecule has 1 unspecified atom stereocenters. The first-order valence-corrected chi connectivity index (χ1v) is 9.16. The van der Waals surface area contributed by atoms with Crippen LogP contribution in [-0.4, -0.2) is 40.6 Å². The van der Waals surface area contributed by atoms with E-state index in [1.165, 1.54) is 11.8 Å². The number of carbonyl (C=O) groups is 1. The number of H-pyrrole nitrogens is 1. The molecule has 0 fully saturated rings. The molecule has 2 N–H and O–H groups in total. The van der Waals surface area contributed by atoms with E-state index >= 15 is 0 Å². The fourth-order valence-electron chi connectivity index (χ4n) is 2.37. The normalized spacial score (nSPS) is 11.7. The summed E-state index contributed by atoms with van der Waals surface area (Å²) < 4.78 is 10.4. The van der Waals surface area contributed by atoms with Crippen LogP contribution in [0.25, 0.3) is 11.4 Å². The number of amides is 1. The van der Waals surface area contributed by atoms with E-state index in [0.29, 0.717) is 22.4 Å². The van der Waals surface area contributed by atoms with Crippen LogP contribution in [0.2, 0.25) is 0 Å². The van der Waals surface area contributed by atoms with Crippen LogP contribution in [0.5, 0.6) is 11.5 Å². The Bertz CT molecular complexity index is 911. The average Bonchev–Trinajstić information content (AvgIpc) is 3.16. The van der Waals surface area contributed by atoms with Gasteiger partial charge >= 0.3 is 0 Å². The minimum absolute atomic E-state index is 0.153. The minimum atomic E-state index is -0.380. The van der Waals surface area contributed by atoms with Crippen LogP contribution in [-0.2, 0) is 4.79 Å². The van der Waals surface area contributed by atoms with Gasteiger partial charge in [0, 0.05) is 5.56 Å². The van der Waals surface area contributed by atoms with E-state index in [0.717, 1.165) is 11.3 Å². The molecule has 1 amide bonds. The standard InChI is InChI=1S/C19H20N4O3S/c1-12(18(24)20-15-6-4-5-7-16(15)26-3)27-19-21-17(22-23-19)13-8-10-14(25-2)11-9-13/h4-12H,1-3H3,(H,20,24)(H,21,22,23). The number of carbonyl (C=O) groups excluding carboxylic acids is 1. The third-order valence-electron chi connectivity index (χ3n) is 3.84. The number of para-hydroxylation sites is 2. The Hall–Kier alpha value is -3.00. The van der Waals surface area contributed by atoms with Gasteiger partial charge < -0.3 is 14.8 Å². The van der Waals surface area contributed by atoms with Gasteiger partial charge in [0.05, 0.1) is 25.2 Å². The highest BCUT2D eigenvalue weighted by Crippen LogP contribution is 2.27. The molecule has 3 rings (SSSR count). The molecule has 3 aromatic rings. The monoisotopic (exact) mass is 384 g/mol. The molecule has 140 valence electrons. The zero-order valence-electron chi connectivity index (χ0n) is 15.2. The van der Waals surface area contributed by atoms with E-state index in [9.17, 15) is 4.79 Å². The number of methoxy groups -OCH3 is 2. The van der Waals surface area contributed by atoms with Crippen LogP contribution in [0, 0.1) is 0 Å². The number of nitrogens with one attached hydrogen (secondary N) is 2. The van der Waals surface area contributed by atoms with E-state index < -0.39 is 0 Å². The summed E-state index contributed by atoms with van der Waals surface area (Å²) in [7, 11) is 3.19. The summed E-state index contributed by atoms with van der Waals surface area (Å²) in [5, 5.41) is 10.1. The molecule has 8 heteroatoms. The Morgan fingerprint density at radius 2 is 1.85 bits per heavy atom. The molecule has 0 aliphatic rings. The molecular formula is C19H20N4O3S. The van der Waals surface area contributed by atoms with Gasteiger partial charge in [-0.15, -0.1) is 5.10 Å². The predicted octanol–water partition coefficient (Wildman–Crippen LogP) is 3.61. The predicted molar refractivity (Wildman–Crippen MR) is 105 cm³/mol. The summed E-state index contributed by atoms with van der Waals surface area (Å²) >= 11 is 1.28. The van der Waals surface area contributed by atoms with Crippen molar-refractivity contribution in [2.75, 3.05) is 19.5 Å². The van der Waals surface area contributed by atoms with Crippen molar-refractivity contribution in [3.05, 3.63) is 48.5 Å². The number of aromatic amines is 1. The summed E-state index contributed by atoms with van der Waals surface area (Å²) in [5.41, 5.74) is 1.52. The zero-order valence-corrected chi connectivity index (χ0v) is 16.0. The van der Waals surface area contributed by atoms with Crippen molar-refractivity contribution in [3.63, 3.8) is 0 Å². The van der Waals surface area contributed by atoms with Gasteiger partial charge in [-0.1, -0.05) is 23.9 Å². The molecule has 0 saturated carbocycles. The van der Waals surface area contributed by atoms with Crippen LogP contribution in [0.1, 0.15) is 6.92 Å². The van der Waals surface area contributed by atoms with Gasteiger partial charge in [-0.25, -0.2) is 4.98 Å². The molecule has 27 heavy (non-hydrogen) atoms. The Kier molecular flexibility index (Phi) is 5.97. The van der Waals surface area contributed by atoms with Crippen LogP contribution in [0.3, 0.4) is 0 Å². The molecule has 0 bridgehead atoms. The van der Waals surface area contributed by atoms with Crippen molar-refractivity contribution >= 4 is 23.4 Å².